The SMILES string of the molecule is Cc1nc(N2CC3CN(c4nccc(C#N)n4)CC3C2)[nH]c(=O)c1F. The predicted molar refractivity (Wildman–Crippen MR) is 87.7 cm³/mol. The summed E-state index contributed by atoms with van der Waals surface area (Å²) in [4.78, 5) is 30.9. The fourth-order valence-corrected chi connectivity index (χ4v) is 3.60. The van der Waals surface area contributed by atoms with Crippen molar-refractivity contribution >= 4 is 11.9 Å². The van der Waals surface area contributed by atoms with Crippen LogP contribution in [-0.4, -0.2) is 46.1 Å². The van der Waals surface area contributed by atoms with Crippen LogP contribution in [0, 0.1) is 35.9 Å². The van der Waals surface area contributed by atoms with Crippen molar-refractivity contribution < 1.29 is 4.39 Å². The first-order chi connectivity index (χ1) is 12.0. The zero-order chi connectivity index (χ0) is 17.6. The Labute approximate surface area is 143 Å². The average Bonchev–Trinajstić information content (AvgIpc) is 3.18. The number of hydrogen-bond donors (Lipinski definition) is 1. The highest BCUT2D eigenvalue weighted by Gasteiger charge is 2.41. The van der Waals surface area contributed by atoms with E-state index in [1.165, 1.54) is 6.92 Å². The van der Waals surface area contributed by atoms with Gasteiger partial charge in [0.25, 0.3) is 5.56 Å². The van der Waals surface area contributed by atoms with Gasteiger partial charge in [0.05, 0.1) is 5.69 Å². The lowest BCUT2D eigenvalue weighted by molar-refractivity contribution is 0.533. The number of hydrogen-bond acceptors (Lipinski definition) is 7. The van der Waals surface area contributed by atoms with Crippen LogP contribution in [0.3, 0.4) is 0 Å². The Kier molecular flexibility index (Phi) is 3.60. The van der Waals surface area contributed by atoms with E-state index in [0.717, 1.165) is 26.2 Å². The minimum atomic E-state index is -0.830. The van der Waals surface area contributed by atoms with E-state index in [1.54, 1.807) is 12.3 Å². The number of aromatic nitrogens is 4. The van der Waals surface area contributed by atoms with E-state index >= 15 is 0 Å². The summed E-state index contributed by atoms with van der Waals surface area (Å²) in [7, 11) is 0. The van der Waals surface area contributed by atoms with E-state index in [0.29, 0.717) is 29.4 Å². The summed E-state index contributed by atoms with van der Waals surface area (Å²) in [5.74, 6) is 0.926. The van der Waals surface area contributed by atoms with Crippen molar-refractivity contribution in [3.63, 3.8) is 0 Å². The number of nitrogens with zero attached hydrogens (tertiary/aromatic N) is 6. The maximum atomic E-state index is 13.5. The number of anilines is 2. The number of nitriles is 1. The molecule has 0 bridgehead atoms. The quantitative estimate of drug-likeness (QED) is 0.846. The molecule has 0 radical (unpaired) electrons. The molecule has 0 aromatic carbocycles. The second-order valence-corrected chi connectivity index (χ2v) is 6.47. The average molecular weight is 341 g/mol. The molecule has 2 aromatic heterocycles. The highest BCUT2D eigenvalue weighted by Crippen LogP contribution is 2.34. The van der Waals surface area contributed by atoms with Crippen molar-refractivity contribution in [3.05, 3.63) is 39.8 Å². The summed E-state index contributed by atoms with van der Waals surface area (Å²) in [6, 6.07) is 3.61. The van der Waals surface area contributed by atoms with Gasteiger partial charge in [-0.3, -0.25) is 9.78 Å². The molecule has 25 heavy (non-hydrogen) atoms. The topological polar surface area (TPSA) is 102 Å². The maximum absolute atomic E-state index is 13.5. The summed E-state index contributed by atoms with van der Waals surface area (Å²) < 4.78 is 13.5. The lowest BCUT2D eigenvalue weighted by Crippen LogP contribution is -2.32. The highest BCUT2D eigenvalue weighted by atomic mass is 19.1. The lowest BCUT2D eigenvalue weighted by atomic mass is 10.0. The fraction of sp³-hybridized carbons (Fsp3) is 0.438. The van der Waals surface area contributed by atoms with Crippen LogP contribution in [0.2, 0.25) is 0 Å². The van der Waals surface area contributed by atoms with Crippen LogP contribution in [0.1, 0.15) is 11.4 Å². The number of aromatic amines is 1. The number of nitrogens with one attached hydrogen (secondary N) is 1. The molecular formula is C16H16FN7O. The van der Waals surface area contributed by atoms with Crippen molar-refractivity contribution in [3.8, 4) is 6.07 Å². The summed E-state index contributed by atoms with van der Waals surface area (Å²) >= 11 is 0. The van der Waals surface area contributed by atoms with Gasteiger partial charge in [-0.1, -0.05) is 0 Å². The van der Waals surface area contributed by atoms with Crippen LogP contribution in [0.5, 0.6) is 0 Å². The van der Waals surface area contributed by atoms with Gasteiger partial charge in [0.15, 0.2) is 0 Å². The Morgan fingerprint density at radius 1 is 1.24 bits per heavy atom. The molecule has 2 saturated heterocycles. The van der Waals surface area contributed by atoms with Gasteiger partial charge in [-0.15, -0.1) is 0 Å². The molecule has 9 heteroatoms. The van der Waals surface area contributed by atoms with E-state index < -0.39 is 11.4 Å². The van der Waals surface area contributed by atoms with Crippen molar-refractivity contribution in [1.82, 2.24) is 19.9 Å². The zero-order valence-corrected chi connectivity index (χ0v) is 13.6. The Hall–Kier alpha value is -3.02. The molecule has 1 N–H and O–H groups in total. The molecule has 2 fully saturated rings. The molecule has 2 unspecified atom stereocenters. The molecule has 0 amide bonds. The zero-order valence-electron chi connectivity index (χ0n) is 13.6. The number of rotatable bonds is 2. The second-order valence-electron chi connectivity index (χ2n) is 6.47. The molecule has 2 aliphatic rings. The van der Waals surface area contributed by atoms with Gasteiger partial charge in [0.1, 0.15) is 11.8 Å². The lowest BCUT2D eigenvalue weighted by Gasteiger charge is -2.22. The van der Waals surface area contributed by atoms with Crippen molar-refractivity contribution in [2.24, 2.45) is 11.8 Å². The first kappa shape index (κ1) is 15.5. The van der Waals surface area contributed by atoms with Gasteiger partial charge in [-0.2, -0.15) is 9.65 Å². The van der Waals surface area contributed by atoms with E-state index in [9.17, 15) is 9.18 Å². The molecule has 0 saturated carbocycles. The summed E-state index contributed by atoms with van der Waals surface area (Å²) in [6.45, 7) is 4.51. The third-order valence-electron chi connectivity index (χ3n) is 4.84. The molecular weight excluding hydrogens is 325 g/mol. The first-order valence-electron chi connectivity index (χ1n) is 8.04. The predicted octanol–water partition coefficient (Wildman–Crippen LogP) is 0.452. The highest BCUT2D eigenvalue weighted by molar-refractivity contribution is 5.39. The van der Waals surface area contributed by atoms with Gasteiger partial charge < -0.3 is 9.80 Å². The Balaban J connectivity index is 1.49. The van der Waals surface area contributed by atoms with Crippen LogP contribution in [0.25, 0.3) is 0 Å². The molecule has 2 aromatic rings. The summed E-state index contributed by atoms with van der Waals surface area (Å²) in [5, 5.41) is 8.96. The molecule has 8 nitrogen and oxygen atoms in total. The molecule has 0 aliphatic carbocycles. The minimum absolute atomic E-state index is 0.110. The van der Waals surface area contributed by atoms with Crippen molar-refractivity contribution in [2.45, 2.75) is 6.92 Å². The minimum Gasteiger partial charge on any atom is -0.342 e. The number of aryl methyl sites for hydroxylation is 1. The van der Waals surface area contributed by atoms with E-state index in [-0.39, 0.29) is 5.69 Å². The third-order valence-corrected chi connectivity index (χ3v) is 4.84. The third kappa shape index (κ3) is 2.69. The largest absolute Gasteiger partial charge is 0.342 e. The summed E-state index contributed by atoms with van der Waals surface area (Å²) in [6.07, 6.45) is 1.59. The number of halogens is 1. The normalized spacial score (nSPS) is 22.1. The van der Waals surface area contributed by atoms with Crippen LogP contribution >= 0.6 is 0 Å². The summed E-state index contributed by atoms with van der Waals surface area (Å²) in [5.41, 5.74) is -0.269. The standard InChI is InChI=1S/C16H16FN7O/c1-9-13(17)14(25)22-16(20-9)24-7-10-5-23(6-11(10)8-24)15-19-3-2-12(4-18)21-15/h2-3,10-11H,5-8H2,1H3,(H,20,22,25). The van der Waals surface area contributed by atoms with Crippen LogP contribution < -0.4 is 15.4 Å². The fourth-order valence-electron chi connectivity index (χ4n) is 3.60. The first-order valence-corrected chi connectivity index (χ1v) is 8.04. The van der Waals surface area contributed by atoms with Gasteiger partial charge in [-0.25, -0.2) is 15.0 Å². The van der Waals surface area contributed by atoms with Crippen LogP contribution in [0.15, 0.2) is 17.1 Å². The van der Waals surface area contributed by atoms with E-state index in [4.69, 9.17) is 5.26 Å². The molecule has 4 rings (SSSR count). The van der Waals surface area contributed by atoms with Gasteiger partial charge in [0, 0.05) is 44.2 Å². The van der Waals surface area contributed by atoms with Crippen LogP contribution in [0.4, 0.5) is 16.3 Å². The Bertz CT molecular complexity index is 907. The van der Waals surface area contributed by atoms with Crippen molar-refractivity contribution in [2.75, 3.05) is 36.0 Å². The Morgan fingerprint density at radius 3 is 2.56 bits per heavy atom. The smallest absolute Gasteiger partial charge is 0.288 e. The van der Waals surface area contributed by atoms with E-state index in [1.807, 2.05) is 11.0 Å². The molecule has 0 spiro atoms. The van der Waals surface area contributed by atoms with Gasteiger partial charge >= 0.3 is 0 Å². The van der Waals surface area contributed by atoms with Crippen molar-refractivity contribution in [1.29, 1.82) is 5.26 Å². The maximum Gasteiger partial charge on any atom is 0.288 e. The van der Waals surface area contributed by atoms with Gasteiger partial charge in [0.2, 0.25) is 17.7 Å². The molecule has 2 aliphatic heterocycles. The van der Waals surface area contributed by atoms with E-state index in [2.05, 4.69) is 24.8 Å². The van der Waals surface area contributed by atoms with Crippen LogP contribution in [-0.2, 0) is 0 Å². The number of H-pyrrole nitrogens is 1. The molecule has 128 valence electrons. The number of fused-ring (bicyclic) bond motifs is 1. The molecule has 4 heterocycles. The Morgan fingerprint density at radius 2 is 1.92 bits per heavy atom. The second kappa shape index (κ2) is 5.81. The monoisotopic (exact) mass is 341 g/mol. The molecule has 2 atom stereocenters. The van der Waals surface area contributed by atoms with Gasteiger partial charge in [-0.05, 0) is 13.0 Å².